The quantitative estimate of drug-likeness (QED) is 0.747. The fourth-order valence-electron chi connectivity index (χ4n) is 2.37. The first-order chi connectivity index (χ1) is 12.2. The van der Waals surface area contributed by atoms with Gasteiger partial charge in [0.05, 0.1) is 7.11 Å². The van der Waals surface area contributed by atoms with E-state index in [0.29, 0.717) is 0 Å². The van der Waals surface area contributed by atoms with Crippen molar-refractivity contribution in [3.63, 3.8) is 0 Å². The second kappa shape index (κ2) is 8.44. The topological polar surface area (TPSA) is 76.2 Å². The Morgan fingerprint density at radius 3 is 2.42 bits per heavy atom. The summed E-state index contributed by atoms with van der Waals surface area (Å²) in [5, 5.41) is -0.800. The molecule has 142 valence electrons. The summed E-state index contributed by atoms with van der Waals surface area (Å²) in [5.74, 6) is -0.811. The summed E-state index contributed by atoms with van der Waals surface area (Å²) < 4.78 is 10.1. The molecule has 0 aliphatic carbocycles. The number of thioether (sulfide) groups is 1. The van der Waals surface area contributed by atoms with Crippen LogP contribution < -0.4 is 0 Å². The molecular weight excluding hydrogens is 356 g/mol. The maximum Gasteiger partial charge on any atom is 0.411 e. The minimum atomic E-state index is -0.800. The SMILES string of the molecule is COC(=O)CN1CCN(C(=O)OC(C)(C)C)C(Sc2ccccc2)C1=O. The molecule has 0 saturated carbocycles. The van der Waals surface area contributed by atoms with Crippen LogP contribution >= 0.6 is 11.8 Å². The van der Waals surface area contributed by atoms with E-state index in [1.807, 2.05) is 30.3 Å². The van der Waals surface area contributed by atoms with Crippen LogP contribution in [0.5, 0.6) is 0 Å². The minimum absolute atomic E-state index is 0.136. The van der Waals surface area contributed by atoms with Crippen molar-refractivity contribution < 1.29 is 23.9 Å². The number of amides is 2. The van der Waals surface area contributed by atoms with Gasteiger partial charge in [-0.3, -0.25) is 14.5 Å². The van der Waals surface area contributed by atoms with Crippen molar-refractivity contribution >= 4 is 29.7 Å². The number of carbonyl (C=O) groups excluding carboxylic acids is 3. The van der Waals surface area contributed by atoms with Crippen molar-refractivity contribution in [2.45, 2.75) is 36.6 Å². The van der Waals surface area contributed by atoms with E-state index in [9.17, 15) is 14.4 Å². The summed E-state index contributed by atoms with van der Waals surface area (Å²) in [6, 6.07) is 9.33. The molecule has 1 unspecified atom stereocenters. The summed E-state index contributed by atoms with van der Waals surface area (Å²) >= 11 is 1.26. The van der Waals surface area contributed by atoms with E-state index in [2.05, 4.69) is 4.74 Å². The molecule has 7 nitrogen and oxygen atoms in total. The van der Waals surface area contributed by atoms with Gasteiger partial charge in [-0.2, -0.15) is 0 Å². The number of benzene rings is 1. The van der Waals surface area contributed by atoms with Gasteiger partial charge in [-0.05, 0) is 32.9 Å². The number of carbonyl (C=O) groups is 3. The molecule has 1 heterocycles. The zero-order chi connectivity index (χ0) is 19.3. The van der Waals surface area contributed by atoms with Crippen molar-refractivity contribution in [1.82, 2.24) is 9.80 Å². The Morgan fingerprint density at radius 2 is 1.85 bits per heavy atom. The van der Waals surface area contributed by atoms with E-state index in [4.69, 9.17) is 4.74 Å². The molecular formula is C18H24N2O5S. The molecule has 1 atom stereocenters. The van der Waals surface area contributed by atoms with Crippen LogP contribution in [-0.2, 0) is 19.1 Å². The standard InChI is InChI=1S/C18H24N2O5S/c1-18(2,3)25-17(23)20-11-10-19(12-14(21)24-4)15(22)16(20)26-13-8-6-5-7-9-13/h5-9,16H,10-12H2,1-4H3. The molecule has 0 aromatic heterocycles. The van der Waals surface area contributed by atoms with Crippen LogP contribution in [0.1, 0.15) is 20.8 Å². The first-order valence-corrected chi connectivity index (χ1v) is 9.16. The van der Waals surface area contributed by atoms with Gasteiger partial charge >= 0.3 is 12.1 Å². The number of rotatable bonds is 4. The highest BCUT2D eigenvalue weighted by Crippen LogP contribution is 2.30. The Hall–Kier alpha value is -2.22. The van der Waals surface area contributed by atoms with Crippen LogP contribution in [0, 0.1) is 0 Å². The van der Waals surface area contributed by atoms with Crippen LogP contribution in [0.15, 0.2) is 35.2 Å². The van der Waals surface area contributed by atoms with Gasteiger partial charge in [0.25, 0.3) is 5.91 Å². The Bertz CT molecular complexity index is 659. The van der Waals surface area contributed by atoms with Gasteiger partial charge in [0.2, 0.25) is 0 Å². The maximum absolute atomic E-state index is 12.9. The molecule has 1 fully saturated rings. The molecule has 26 heavy (non-hydrogen) atoms. The van der Waals surface area contributed by atoms with E-state index < -0.39 is 23.0 Å². The molecule has 0 bridgehead atoms. The second-order valence-corrected chi connectivity index (χ2v) is 7.95. The van der Waals surface area contributed by atoms with Crippen LogP contribution in [0.2, 0.25) is 0 Å². The second-order valence-electron chi connectivity index (χ2n) is 6.79. The summed E-state index contributed by atoms with van der Waals surface area (Å²) in [6.07, 6.45) is -0.544. The van der Waals surface area contributed by atoms with Gasteiger partial charge in [-0.1, -0.05) is 30.0 Å². The summed E-state index contributed by atoms with van der Waals surface area (Å²) in [5.41, 5.74) is -0.661. The van der Waals surface area contributed by atoms with Crippen molar-refractivity contribution in [1.29, 1.82) is 0 Å². The van der Waals surface area contributed by atoms with E-state index in [0.717, 1.165) is 4.90 Å². The summed E-state index contributed by atoms with van der Waals surface area (Å²) in [4.78, 5) is 40.7. The third kappa shape index (κ3) is 5.39. The average molecular weight is 380 g/mol. The van der Waals surface area contributed by atoms with E-state index >= 15 is 0 Å². The van der Waals surface area contributed by atoms with E-state index in [1.165, 1.54) is 28.7 Å². The van der Waals surface area contributed by atoms with Gasteiger partial charge < -0.3 is 14.4 Å². The normalized spacial score (nSPS) is 17.8. The Morgan fingerprint density at radius 1 is 1.19 bits per heavy atom. The summed E-state index contributed by atoms with van der Waals surface area (Å²) in [6.45, 7) is 5.73. The average Bonchev–Trinajstić information content (AvgIpc) is 2.57. The summed E-state index contributed by atoms with van der Waals surface area (Å²) in [7, 11) is 1.28. The van der Waals surface area contributed by atoms with Crippen LogP contribution in [0.4, 0.5) is 4.79 Å². The van der Waals surface area contributed by atoms with Gasteiger partial charge in [0.1, 0.15) is 12.1 Å². The van der Waals surface area contributed by atoms with Crippen molar-refractivity contribution in [2.24, 2.45) is 0 Å². The molecule has 1 aromatic rings. The number of nitrogens with zero attached hydrogens (tertiary/aromatic N) is 2. The predicted octanol–water partition coefficient (Wildman–Crippen LogP) is 2.36. The first kappa shape index (κ1) is 20.1. The fourth-order valence-corrected chi connectivity index (χ4v) is 3.51. The van der Waals surface area contributed by atoms with E-state index in [-0.39, 0.29) is 25.5 Å². The van der Waals surface area contributed by atoms with Crippen molar-refractivity contribution in [3.05, 3.63) is 30.3 Å². The fraction of sp³-hybridized carbons (Fsp3) is 0.500. The highest BCUT2D eigenvalue weighted by Gasteiger charge is 2.40. The Kier molecular flexibility index (Phi) is 6.52. The molecule has 1 aliphatic heterocycles. The lowest BCUT2D eigenvalue weighted by Gasteiger charge is -2.40. The largest absolute Gasteiger partial charge is 0.468 e. The highest BCUT2D eigenvalue weighted by molar-refractivity contribution is 8.00. The van der Waals surface area contributed by atoms with Gasteiger partial charge in [-0.25, -0.2) is 4.79 Å². The number of hydrogen-bond acceptors (Lipinski definition) is 6. The van der Waals surface area contributed by atoms with Crippen molar-refractivity contribution in [2.75, 3.05) is 26.7 Å². The lowest BCUT2D eigenvalue weighted by atomic mass is 10.2. The number of esters is 1. The molecule has 1 aromatic carbocycles. The zero-order valence-electron chi connectivity index (χ0n) is 15.4. The van der Waals surface area contributed by atoms with Gasteiger partial charge in [-0.15, -0.1) is 0 Å². The van der Waals surface area contributed by atoms with Gasteiger partial charge in [0, 0.05) is 18.0 Å². The molecule has 8 heteroatoms. The Balaban J connectivity index is 2.22. The number of ether oxygens (including phenoxy) is 2. The van der Waals surface area contributed by atoms with Crippen LogP contribution in [0.3, 0.4) is 0 Å². The zero-order valence-corrected chi connectivity index (χ0v) is 16.2. The maximum atomic E-state index is 12.9. The van der Waals surface area contributed by atoms with Crippen LogP contribution in [0.25, 0.3) is 0 Å². The van der Waals surface area contributed by atoms with E-state index in [1.54, 1.807) is 20.8 Å². The predicted molar refractivity (Wildman–Crippen MR) is 97.6 cm³/mol. The Labute approximate surface area is 157 Å². The molecule has 1 aliphatic rings. The van der Waals surface area contributed by atoms with Gasteiger partial charge in [0.15, 0.2) is 5.37 Å². The van der Waals surface area contributed by atoms with Crippen LogP contribution in [-0.4, -0.2) is 65.5 Å². The molecule has 1 saturated heterocycles. The highest BCUT2D eigenvalue weighted by atomic mass is 32.2. The third-order valence-electron chi connectivity index (χ3n) is 3.58. The number of hydrogen-bond donors (Lipinski definition) is 0. The lowest BCUT2D eigenvalue weighted by molar-refractivity contribution is -0.149. The number of methoxy groups -OCH3 is 1. The lowest BCUT2D eigenvalue weighted by Crippen LogP contribution is -2.59. The molecule has 0 spiro atoms. The minimum Gasteiger partial charge on any atom is -0.468 e. The monoisotopic (exact) mass is 380 g/mol. The molecule has 0 N–H and O–H groups in total. The smallest absolute Gasteiger partial charge is 0.411 e. The molecule has 2 rings (SSSR count). The van der Waals surface area contributed by atoms with Crippen molar-refractivity contribution in [3.8, 4) is 0 Å². The molecule has 0 radical (unpaired) electrons. The molecule has 2 amide bonds. The first-order valence-electron chi connectivity index (χ1n) is 8.28. The third-order valence-corrected chi connectivity index (χ3v) is 4.81. The number of piperazine rings is 1.